The fourth-order valence-electron chi connectivity index (χ4n) is 0.939. The monoisotopic (exact) mass is 175 g/mol. The molecule has 0 aromatic heterocycles. The molecule has 2 heteroatoms. The fraction of sp³-hybridized carbons (Fsp3) is 0.273. The van der Waals surface area contributed by atoms with E-state index < -0.39 is 0 Å². The lowest BCUT2D eigenvalue weighted by Gasteiger charge is -2.01. The molecule has 2 nitrogen and oxygen atoms in total. The Balaban J connectivity index is 2.95. The highest BCUT2D eigenvalue weighted by atomic mass is 16.5. The molecule has 1 rings (SSSR count). The molecule has 0 saturated heterocycles. The maximum absolute atomic E-state index is 5.52. The van der Waals surface area contributed by atoms with Gasteiger partial charge in [-0.25, -0.2) is 0 Å². The Labute approximate surface area is 78.7 Å². The highest BCUT2D eigenvalue weighted by Crippen LogP contribution is 2.15. The van der Waals surface area contributed by atoms with Gasteiger partial charge in [-0.05, 0) is 19.1 Å². The van der Waals surface area contributed by atoms with Crippen molar-refractivity contribution in [2.45, 2.75) is 13.0 Å². The van der Waals surface area contributed by atoms with E-state index in [1.807, 2.05) is 31.2 Å². The molecule has 2 N–H and O–H groups in total. The summed E-state index contributed by atoms with van der Waals surface area (Å²) in [5.74, 6) is 6.64. The smallest absolute Gasteiger partial charge is 0.134 e. The standard InChI is InChI=1S/C11H13NO/c1-9(12)7-8-10-5-3-4-6-11(10)13-2/h3-6,9H,12H2,1-2H3. The number of para-hydroxylation sites is 1. The van der Waals surface area contributed by atoms with Crippen LogP contribution in [0, 0.1) is 11.8 Å². The second kappa shape index (κ2) is 4.54. The molecule has 1 aromatic rings. The second-order valence-corrected chi connectivity index (χ2v) is 2.76. The van der Waals surface area contributed by atoms with Crippen LogP contribution < -0.4 is 10.5 Å². The van der Waals surface area contributed by atoms with E-state index in [9.17, 15) is 0 Å². The first kappa shape index (κ1) is 9.63. The Kier molecular flexibility index (Phi) is 3.36. The van der Waals surface area contributed by atoms with Gasteiger partial charge in [-0.1, -0.05) is 24.0 Å². The number of rotatable bonds is 1. The zero-order valence-corrected chi connectivity index (χ0v) is 7.87. The van der Waals surface area contributed by atoms with Gasteiger partial charge in [0.15, 0.2) is 0 Å². The van der Waals surface area contributed by atoms with E-state index in [1.165, 1.54) is 0 Å². The third kappa shape index (κ3) is 2.81. The van der Waals surface area contributed by atoms with Gasteiger partial charge in [-0.3, -0.25) is 0 Å². The molecule has 1 unspecified atom stereocenters. The Morgan fingerprint density at radius 2 is 2.08 bits per heavy atom. The Morgan fingerprint density at radius 3 is 2.69 bits per heavy atom. The van der Waals surface area contributed by atoms with Crippen LogP contribution in [0.4, 0.5) is 0 Å². The van der Waals surface area contributed by atoms with Crippen LogP contribution in [0.3, 0.4) is 0 Å². The highest BCUT2D eigenvalue weighted by Gasteiger charge is 1.96. The summed E-state index contributed by atoms with van der Waals surface area (Å²) in [7, 11) is 1.63. The quantitative estimate of drug-likeness (QED) is 0.655. The van der Waals surface area contributed by atoms with E-state index in [1.54, 1.807) is 7.11 Å². The van der Waals surface area contributed by atoms with Crippen molar-refractivity contribution in [2.24, 2.45) is 5.73 Å². The molecule has 1 atom stereocenters. The summed E-state index contributed by atoms with van der Waals surface area (Å²) in [5, 5.41) is 0. The molecule has 0 saturated carbocycles. The zero-order valence-electron chi connectivity index (χ0n) is 7.87. The van der Waals surface area contributed by atoms with Gasteiger partial charge < -0.3 is 10.5 Å². The molecule has 0 fully saturated rings. The molecule has 0 aliphatic heterocycles. The second-order valence-electron chi connectivity index (χ2n) is 2.76. The topological polar surface area (TPSA) is 35.2 Å². The number of hydrogen-bond donors (Lipinski definition) is 1. The lowest BCUT2D eigenvalue weighted by atomic mass is 10.2. The third-order valence-corrected chi connectivity index (χ3v) is 1.54. The van der Waals surface area contributed by atoms with Crippen LogP contribution in [-0.4, -0.2) is 13.2 Å². The predicted molar refractivity (Wildman–Crippen MR) is 53.5 cm³/mol. The first-order valence-corrected chi connectivity index (χ1v) is 4.14. The Bertz CT molecular complexity index is 333. The summed E-state index contributed by atoms with van der Waals surface area (Å²) >= 11 is 0. The van der Waals surface area contributed by atoms with E-state index in [-0.39, 0.29) is 6.04 Å². The van der Waals surface area contributed by atoms with Crippen molar-refractivity contribution >= 4 is 0 Å². The molecule has 0 bridgehead atoms. The molecular weight excluding hydrogens is 162 g/mol. The summed E-state index contributed by atoms with van der Waals surface area (Å²) < 4.78 is 5.13. The number of methoxy groups -OCH3 is 1. The summed E-state index contributed by atoms with van der Waals surface area (Å²) in [6.45, 7) is 1.85. The molecule has 0 aliphatic rings. The minimum atomic E-state index is -0.107. The van der Waals surface area contributed by atoms with Crippen molar-refractivity contribution in [1.82, 2.24) is 0 Å². The van der Waals surface area contributed by atoms with Gasteiger partial charge in [0.1, 0.15) is 5.75 Å². The average Bonchev–Trinajstić information content (AvgIpc) is 2.15. The highest BCUT2D eigenvalue weighted by molar-refractivity contribution is 5.46. The molecule has 0 spiro atoms. The molecule has 0 aliphatic carbocycles. The van der Waals surface area contributed by atoms with Crippen LogP contribution >= 0.6 is 0 Å². The van der Waals surface area contributed by atoms with Gasteiger partial charge in [-0.2, -0.15) is 0 Å². The number of benzene rings is 1. The van der Waals surface area contributed by atoms with Gasteiger partial charge in [0.25, 0.3) is 0 Å². The first-order valence-electron chi connectivity index (χ1n) is 4.14. The van der Waals surface area contributed by atoms with Crippen molar-refractivity contribution in [1.29, 1.82) is 0 Å². The molecule has 0 heterocycles. The Hall–Kier alpha value is -1.46. The molecule has 68 valence electrons. The summed E-state index contributed by atoms with van der Waals surface area (Å²) in [6.07, 6.45) is 0. The van der Waals surface area contributed by atoms with Gasteiger partial charge in [0, 0.05) is 0 Å². The molecule has 1 aromatic carbocycles. The number of nitrogens with two attached hydrogens (primary N) is 1. The maximum atomic E-state index is 5.52. The van der Waals surface area contributed by atoms with Crippen LogP contribution in [0.5, 0.6) is 5.75 Å². The fourth-order valence-corrected chi connectivity index (χ4v) is 0.939. The minimum absolute atomic E-state index is 0.107. The van der Waals surface area contributed by atoms with E-state index in [2.05, 4.69) is 11.8 Å². The van der Waals surface area contributed by atoms with Crippen LogP contribution in [0.25, 0.3) is 0 Å². The van der Waals surface area contributed by atoms with Crippen molar-refractivity contribution < 1.29 is 4.74 Å². The van der Waals surface area contributed by atoms with E-state index in [0.717, 1.165) is 11.3 Å². The van der Waals surface area contributed by atoms with Gasteiger partial charge in [0.05, 0.1) is 18.7 Å². The normalized spacial score (nSPS) is 11.3. The maximum Gasteiger partial charge on any atom is 0.134 e. The first-order chi connectivity index (χ1) is 6.24. The lowest BCUT2D eigenvalue weighted by Crippen LogP contribution is -2.10. The molecular formula is C11H13NO. The van der Waals surface area contributed by atoms with E-state index >= 15 is 0 Å². The van der Waals surface area contributed by atoms with Gasteiger partial charge in [-0.15, -0.1) is 0 Å². The minimum Gasteiger partial charge on any atom is -0.495 e. The number of ether oxygens (including phenoxy) is 1. The van der Waals surface area contributed by atoms with Crippen molar-refractivity contribution in [3.05, 3.63) is 29.8 Å². The van der Waals surface area contributed by atoms with E-state index in [4.69, 9.17) is 10.5 Å². The molecule has 0 amide bonds. The van der Waals surface area contributed by atoms with Crippen LogP contribution in [0.1, 0.15) is 12.5 Å². The number of hydrogen-bond acceptors (Lipinski definition) is 2. The largest absolute Gasteiger partial charge is 0.495 e. The van der Waals surface area contributed by atoms with Crippen LogP contribution in [0.2, 0.25) is 0 Å². The van der Waals surface area contributed by atoms with Gasteiger partial charge >= 0.3 is 0 Å². The summed E-state index contributed by atoms with van der Waals surface area (Å²) in [4.78, 5) is 0. The Morgan fingerprint density at radius 1 is 1.38 bits per heavy atom. The molecule has 13 heavy (non-hydrogen) atoms. The predicted octanol–water partition coefficient (Wildman–Crippen LogP) is 1.39. The summed E-state index contributed by atoms with van der Waals surface area (Å²) in [6, 6.07) is 7.52. The zero-order chi connectivity index (χ0) is 9.68. The molecule has 0 radical (unpaired) electrons. The van der Waals surface area contributed by atoms with Gasteiger partial charge in [0.2, 0.25) is 0 Å². The van der Waals surface area contributed by atoms with Crippen molar-refractivity contribution in [3.8, 4) is 17.6 Å². The SMILES string of the molecule is COc1ccccc1C#CC(C)N. The van der Waals surface area contributed by atoms with E-state index in [0.29, 0.717) is 0 Å². The third-order valence-electron chi connectivity index (χ3n) is 1.54. The van der Waals surface area contributed by atoms with Crippen LogP contribution in [-0.2, 0) is 0 Å². The van der Waals surface area contributed by atoms with Crippen LogP contribution in [0.15, 0.2) is 24.3 Å². The van der Waals surface area contributed by atoms with Crippen molar-refractivity contribution in [2.75, 3.05) is 7.11 Å². The average molecular weight is 175 g/mol. The van der Waals surface area contributed by atoms with Crippen molar-refractivity contribution in [3.63, 3.8) is 0 Å². The summed E-state index contributed by atoms with van der Waals surface area (Å²) in [5.41, 5.74) is 6.39. The lowest BCUT2D eigenvalue weighted by molar-refractivity contribution is 0.413.